The van der Waals surface area contributed by atoms with Crippen molar-refractivity contribution in [2.45, 2.75) is 0 Å². The zero-order chi connectivity index (χ0) is 7.15. The summed E-state index contributed by atoms with van der Waals surface area (Å²) in [5.74, 6) is 0. The first-order chi connectivity index (χ1) is 3.46. The van der Waals surface area contributed by atoms with Gasteiger partial charge in [-0.15, -0.1) is 0 Å². The molecule has 0 aromatic rings. The summed E-state index contributed by atoms with van der Waals surface area (Å²) in [7, 11) is -2.85. The van der Waals surface area contributed by atoms with E-state index in [4.69, 9.17) is 29.3 Å². The Balaban J connectivity index is -0.0000000300. The van der Waals surface area contributed by atoms with Crippen LogP contribution in [0, 0.1) is 26.1 Å². The summed E-state index contributed by atoms with van der Waals surface area (Å²) in [6.45, 7) is 0. The molecule has 0 radical (unpaired) electrons. The van der Waals surface area contributed by atoms with Crippen molar-refractivity contribution in [1.29, 1.82) is 0 Å². The van der Waals surface area contributed by atoms with Gasteiger partial charge >= 0.3 is 29.6 Å². The topological polar surface area (TPSA) is 172 Å². The van der Waals surface area contributed by atoms with Gasteiger partial charge in [0.2, 0.25) is 0 Å². The van der Waals surface area contributed by atoms with Gasteiger partial charge in [0.05, 0.1) is 15.9 Å². The van der Waals surface area contributed by atoms with Gasteiger partial charge < -0.3 is 35.4 Å². The first-order valence-electron chi connectivity index (χ1n) is 1.01. The maximum atomic E-state index is 8.41. The smallest absolute Gasteiger partial charge is 0.369 e. The molecule has 0 saturated carbocycles. The predicted octanol–water partition coefficient (Wildman–Crippen LogP) is -6.43. The van der Waals surface area contributed by atoms with Crippen LogP contribution in [0.2, 0.25) is 0 Å². The van der Waals surface area contributed by atoms with Crippen molar-refractivity contribution in [2.24, 2.45) is 0 Å². The van der Waals surface area contributed by atoms with E-state index in [1.54, 1.807) is 0 Å². The van der Waals surface area contributed by atoms with Crippen LogP contribution in [0.25, 0.3) is 0 Å². The van der Waals surface area contributed by atoms with Crippen LogP contribution in [0.15, 0.2) is 0 Å². The standard InChI is InChI=1S/ClO3.NO3.H3N.Na/c2*2-1(3)4;;/h;;1H3;/q2*-1;;+1/p+1. The molecule has 0 fully saturated rings. The summed E-state index contributed by atoms with van der Waals surface area (Å²) < 4.78 is 25.2. The Bertz CT molecular complexity index is 60.0. The third-order valence-electron chi connectivity index (χ3n) is 0. The van der Waals surface area contributed by atoms with E-state index in [0.717, 1.165) is 0 Å². The summed E-state index contributed by atoms with van der Waals surface area (Å²) >= 11 is 0. The number of halogens is 1. The number of rotatable bonds is 0. The molecular weight excluding hydrogens is 182 g/mol. The van der Waals surface area contributed by atoms with E-state index < -0.39 is 15.9 Å². The predicted molar refractivity (Wildman–Crippen MR) is 16.3 cm³/mol. The van der Waals surface area contributed by atoms with E-state index in [2.05, 4.69) is 0 Å². The Morgan fingerprint density at radius 1 is 1.10 bits per heavy atom. The van der Waals surface area contributed by atoms with Crippen LogP contribution in [0.4, 0.5) is 0 Å². The van der Waals surface area contributed by atoms with Crippen LogP contribution < -0.4 is 49.7 Å². The zero-order valence-corrected chi connectivity index (χ0v) is 8.03. The quantitative estimate of drug-likeness (QED) is 0.224. The number of nitrogens with zero attached hydrogens (tertiary/aromatic N) is 1. The van der Waals surface area contributed by atoms with Crippen LogP contribution >= 0.6 is 0 Å². The molecule has 0 aromatic carbocycles. The zero-order valence-electron chi connectivity index (χ0n) is 5.27. The van der Waals surface area contributed by atoms with Gasteiger partial charge in [0.15, 0.2) is 0 Å². The van der Waals surface area contributed by atoms with Crippen LogP contribution in [0.3, 0.4) is 0 Å². The molecule has 0 atom stereocenters. The van der Waals surface area contributed by atoms with Crippen LogP contribution in [0.5, 0.6) is 0 Å². The monoisotopic (exact) mass is 186 g/mol. The van der Waals surface area contributed by atoms with E-state index in [1.807, 2.05) is 0 Å². The Kier molecular flexibility index (Phi) is 36.3. The molecule has 0 aliphatic rings. The molecule has 0 bridgehead atoms. The Morgan fingerprint density at radius 2 is 1.10 bits per heavy atom. The molecule has 0 spiro atoms. The molecule has 8 nitrogen and oxygen atoms in total. The maximum Gasteiger partial charge on any atom is 1.00 e. The minimum atomic E-state index is -2.85. The van der Waals surface area contributed by atoms with Gasteiger partial charge in [0.1, 0.15) is 0 Å². The van der Waals surface area contributed by atoms with Crippen LogP contribution in [-0.2, 0) is 0 Å². The van der Waals surface area contributed by atoms with Crippen molar-refractivity contribution in [3.63, 3.8) is 0 Å². The molecule has 0 saturated heterocycles. The number of hydrogen-bond donors (Lipinski definition) is 1. The minimum absolute atomic E-state index is 0. The van der Waals surface area contributed by atoms with Crippen molar-refractivity contribution in [3.05, 3.63) is 15.3 Å². The molecule has 10 heavy (non-hydrogen) atoms. The first-order valence-corrected chi connectivity index (χ1v) is 1.94. The molecule has 0 aliphatic carbocycles. The number of quaternary nitrogens is 1. The van der Waals surface area contributed by atoms with Gasteiger partial charge in [0, 0.05) is 0 Å². The fraction of sp³-hybridized carbons (Fsp3) is 0. The van der Waals surface area contributed by atoms with Gasteiger partial charge in [-0.1, -0.05) is 0 Å². The van der Waals surface area contributed by atoms with Crippen molar-refractivity contribution in [2.75, 3.05) is 0 Å². The molecule has 4 N–H and O–H groups in total. The summed E-state index contributed by atoms with van der Waals surface area (Å²) in [5.41, 5.74) is 0. The molecule has 0 aromatic heterocycles. The molecular formula is H4ClN2NaO6. The minimum Gasteiger partial charge on any atom is -0.369 e. The van der Waals surface area contributed by atoms with E-state index in [1.165, 1.54) is 0 Å². The summed E-state index contributed by atoms with van der Waals surface area (Å²) in [6.07, 6.45) is 0. The van der Waals surface area contributed by atoms with E-state index in [0.29, 0.717) is 0 Å². The molecule has 0 amide bonds. The van der Waals surface area contributed by atoms with Crippen molar-refractivity contribution in [1.82, 2.24) is 6.15 Å². The average Bonchev–Trinajstić information content (AvgIpc) is 1.25. The third kappa shape index (κ3) is 4110. The fourth-order valence-electron chi connectivity index (χ4n) is 0. The van der Waals surface area contributed by atoms with Gasteiger partial charge in [-0.05, 0) is 0 Å². The largest absolute Gasteiger partial charge is 1.00 e. The second kappa shape index (κ2) is 16.2. The van der Waals surface area contributed by atoms with E-state index in [9.17, 15) is 0 Å². The normalized spacial score (nSPS) is 6.00. The average molecular weight is 186 g/mol. The summed E-state index contributed by atoms with van der Waals surface area (Å²) in [6, 6.07) is 0. The molecule has 0 heterocycles. The second-order valence-electron chi connectivity index (χ2n) is 0.413. The first kappa shape index (κ1) is 22.4. The summed E-state index contributed by atoms with van der Waals surface area (Å²) in [4.78, 5) is 8.25. The maximum absolute atomic E-state index is 8.41. The molecule has 0 unspecified atom stereocenters. The van der Waals surface area contributed by atoms with Crippen LogP contribution in [-0.4, -0.2) is 5.09 Å². The van der Waals surface area contributed by atoms with Crippen molar-refractivity contribution >= 4 is 0 Å². The second-order valence-corrected chi connectivity index (χ2v) is 0.791. The molecule has 10 heteroatoms. The SMILES string of the molecule is O=[N+]([O-])[O-].[NH4+].[Na+].[O-][Cl+2]([O-])[O-]. The van der Waals surface area contributed by atoms with Gasteiger partial charge in [0.25, 0.3) is 0 Å². The molecule has 58 valence electrons. The molecule has 0 rings (SSSR count). The fourth-order valence-corrected chi connectivity index (χ4v) is 0. The van der Waals surface area contributed by atoms with Gasteiger partial charge in [-0.25, -0.2) is 0 Å². The molecule has 0 aliphatic heterocycles. The van der Waals surface area contributed by atoms with Crippen molar-refractivity contribution in [3.8, 4) is 0 Å². The van der Waals surface area contributed by atoms with E-state index >= 15 is 0 Å². The Labute approximate surface area is 80.8 Å². The van der Waals surface area contributed by atoms with Gasteiger partial charge in [-0.2, -0.15) is 0 Å². The van der Waals surface area contributed by atoms with Crippen LogP contribution in [0.1, 0.15) is 0 Å². The van der Waals surface area contributed by atoms with Gasteiger partial charge in [-0.3, -0.25) is 0 Å². The Morgan fingerprint density at radius 3 is 1.10 bits per heavy atom. The Hall–Kier alpha value is 0.330. The van der Waals surface area contributed by atoms with Crippen molar-refractivity contribution < 1.29 is 59.4 Å². The van der Waals surface area contributed by atoms with E-state index in [-0.39, 0.29) is 35.7 Å². The third-order valence-corrected chi connectivity index (χ3v) is 0. The number of hydrogen-bond acceptors (Lipinski definition) is 6. The summed E-state index contributed by atoms with van der Waals surface area (Å²) in [5, 5.41) is 14.8.